The molecular formula is C23H24F3N7O. The highest BCUT2D eigenvalue weighted by Crippen LogP contribution is 2.44. The number of nitrogens with two attached hydrogens (primary N) is 1. The Kier molecular flexibility index (Phi) is 5.22. The number of hydrogen-bond acceptors (Lipinski definition) is 5. The number of carbonyl (C=O) groups excluding carboxylic acids is 1. The van der Waals surface area contributed by atoms with Gasteiger partial charge in [0.2, 0.25) is 0 Å². The minimum Gasteiger partial charge on any atom is -0.383 e. The summed E-state index contributed by atoms with van der Waals surface area (Å²) < 4.78 is 41.6. The van der Waals surface area contributed by atoms with Crippen LogP contribution in [0.15, 0.2) is 42.7 Å². The monoisotopic (exact) mass is 471 g/mol. The second-order valence-electron chi connectivity index (χ2n) is 8.92. The van der Waals surface area contributed by atoms with Gasteiger partial charge in [-0.1, -0.05) is 6.07 Å². The third-order valence-corrected chi connectivity index (χ3v) is 6.76. The van der Waals surface area contributed by atoms with Gasteiger partial charge in [-0.15, -0.1) is 0 Å². The van der Waals surface area contributed by atoms with Crippen LogP contribution in [-0.4, -0.2) is 43.8 Å². The summed E-state index contributed by atoms with van der Waals surface area (Å²) in [6.07, 6.45) is -0.0140. The van der Waals surface area contributed by atoms with Crippen LogP contribution in [0.1, 0.15) is 42.8 Å². The lowest BCUT2D eigenvalue weighted by Gasteiger charge is -2.24. The topological polar surface area (TPSA) is 102 Å². The van der Waals surface area contributed by atoms with Crippen molar-refractivity contribution in [3.05, 3.63) is 59.7 Å². The first-order valence-corrected chi connectivity index (χ1v) is 11.0. The van der Waals surface area contributed by atoms with Gasteiger partial charge in [0.25, 0.3) is 0 Å². The number of hydrogen-bond donors (Lipinski definition) is 2. The standard InChI is InChI=1S/C23H24F3N7O/c1-14(17-4-2-3-7-28-17)30-21(34)32-8-5-22(13-32)6-9-33-19(22)11-18(31-33)15-10-16(23(24,25)26)20(27)29-12-15/h2-4,7,10-12,14H,5-6,8-9,13H2,1H3,(H2,27,29)(H,30,34)/t14-,22?/m1/s1. The van der Waals surface area contributed by atoms with E-state index in [1.165, 1.54) is 6.20 Å². The molecular weight excluding hydrogens is 447 g/mol. The molecule has 1 spiro atoms. The summed E-state index contributed by atoms with van der Waals surface area (Å²) in [5.74, 6) is -0.558. The van der Waals surface area contributed by atoms with Crippen LogP contribution in [0.5, 0.6) is 0 Å². The molecule has 2 aliphatic rings. The van der Waals surface area contributed by atoms with Crippen molar-refractivity contribution in [2.75, 3.05) is 18.8 Å². The van der Waals surface area contributed by atoms with Crippen molar-refractivity contribution >= 4 is 11.8 Å². The smallest absolute Gasteiger partial charge is 0.383 e. The van der Waals surface area contributed by atoms with E-state index in [4.69, 9.17) is 5.73 Å². The van der Waals surface area contributed by atoms with E-state index in [1.54, 1.807) is 11.1 Å². The molecule has 1 fully saturated rings. The Balaban J connectivity index is 1.34. The van der Waals surface area contributed by atoms with Crippen LogP contribution in [0.3, 0.4) is 0 Å². The molecule has 0 aromatic carbocycles. The Morgan fingerprint density at radius 3 is 2.74 bits per heavy atom. The molecule has 2 aliphatic heterocycles. The number of nitrogens with one attached hydrogen (secondary N) is 1. The minimum atomic E-state index is -4.59. The maximum absolute atomic E-state index is 13.3. The van der Waals surface area contributed by atoms with E-state index in [2.05, 4.69) is 20.4 Å². The van der Waals surface area contributed by atoms with E-state index < -0.39 is 17.6 Å². The number of aromatic nitrogens is 4. The van der Waals surface area contributed by atoms with Crippen LogP contribution in [0, 0.1) is 0 Å². The van der Waals surface area contributed by atoms with Crippen molar-refractivity contribution in [1.29, 1.82) is 0 Å². The zero-order valence-corrected chi connectivity index (χ0v) is 18.5. The summed E-state index contributed by atoms with van der Waals surface area (Å²) in [6, 6.07) is 7.98. The molecule has 0 radical (unpaired) electrons. The highest BCUT2D eigenvalue weighted by atomic mass is 19.4. The molecule has 3 N–H and O–H groups in total. The number of carbonyl (C=O) groups is 1. The highest BCUT2D eigenvalue weighted by molar-refractivity contribution is 5.75. The Morgan fingerprint density at radius 2 is 2.00 bits per heavy atom. The summed E-state index contributed by atoms with van der Waals surface area (Å²) >= 11 is 0. The maximum Gasteiger partial charge on any atom is 0.419 e. The Labute approximate surface area is 194 Å². The number of halogens is 3. The van der Waals surface area contributed by atoms with Gasteiger partial charge in [0.1, 0.15) is 5.82 Å². The summed E-state index contributed by atoms with van der Waals surface area (Å²) in [5, 5.41) is 7.53. The van der Waals surface area contributed by atoms with Crippen molar-refractivity contribution < 1.29 is 18.0 Å². The number of fused-ring (bicyclic) bond motifs is 2. The first-order chi connectivity index (χ1) is 16.2. The lowest BCUT2D eigenvalue weighted by Crippen LogP contribution is -2.41. The van der Waals surface area contributed by atoms with Crippen LogP contribution in [0.2, 0.25) is 0 Å². The predicted octanol–water partition coefficient (Wildman–Crippen LogP) is 3.76. The van der Waals surface area contributed by atoms with Gasteiger partial charge in [0.15, 0.2) is 0 Å². The van der Waals surface area contributed by atoms with Crippen molar-refractivity contribution in [3.63, 3.8) is 0 Å². The number of aryl methyl sites for hydroxylation is 1. The Bertz CT molecular complexity index is 1230. The van der Waals surface area contributed by atoms with Crippen LogP contribution >= 0.6 is 0 Å². The van der Waals surface area contributed by atoms with E-state index in [1.807, 2.05) is 35.9 Å². The predicted molar refractivity (Wildman–Crippen MR) is 119 cm³/mol. The van der Waals surface area contributed by atoms with Crippen LogP contribution in [-0.2, 0) is 18.1 Å². The molecule has 5 heterocycles. The molecule has 1 unspecified atom stereocenters. The zero-order chi connectivity index (χ0) is 24.1. The fourth-order valence-corrected chi connectivity index (χ4v) is 4.89. The number of urea groups is 1. The van der Waals surface area contributed by atoms with Gasteiger partial charge in [0.05, 0.1) is 23.0 Å². The fourth-order valence-electron chi connectivity index (χ4n) is 4.89. The van der Waals surface area contributed by atoms with Crippen LogP contribution in [0.4, 0.5) is 23.8 Å². The Hall–Kier alpha value is -3.63. The second kappa shape index (κ2) is 8.00. The quantitative estimate of drug-likeness (QED) is 0.606. The van der Waals surface area contributed by atoms with Gasteiger partial charge in [-0.2, -0.15) is 18.3 Å². The summed E-state index contributed by atoms with van der Waals surface area (Å²) in [7, 11) is 0. The first kappa shape index (κ1) is 22.2. The second-order valence-corrected chi connectivity index (χ2v) is 8.92. The van der Waals surface area contributed by atoms with Gasteiger partial charge >= 0.3 is 12.2 Å². The molecule has 0 saturated carbocycles. The average molecular weight is 471 g/mol. The fraction of sp³-hybridized carbons (Fsp3) is 0.391. The lowest BCUT2D eigenvalue weighted by atomic mass is 9.82. The normalized spacial score (nSPS) is 20.5. The molecule has 1 saturated heterocycles. The molecule has 3 aromatic heterocycles. The largest absolute Gasteiger partial charge is 0.419 e. The van der Waals surface area contributed by atoms with Crippen molar-refractivity contribution in [1.82, 2.24) is 30.0 Å². The first-order valence-electron chi connectivity index (χ1n) is 11.0. The molecule has 5 rings (SSSR count). The molecule has 34 heavy (non-hydrogen) atoms. The molecule has 2 amide bonds. The maximum atomic E-state index is 13.3. The summed E-state index contributed by atoms with van der Waals surface area (Å²) in [6.45, 7) is 3.64. The van der Waals surface area contributed by atoms with Gasteiger partial charge in [-0.05, 0) is 44.0 Å². The van der Waals surface area contributed by atoms with Gasteiger partial charge in [0, 0.05) is 48.7 Å². The van der Waals surface area contributed by atoms with Crippen LogP contribution in [0.25, 0.3) is 11.3 Å². The number of rotatable bonds is 3. The number of amides is 2. The van der Waals surface area contributed by atoms with E-state index in [9.17, 15) is 18.0 Å². The minimum absolute atomic E-state index is 0.161. The molecule has 8 nitrogen and oxygen atoms in total. The van der Waals surface area contributed by atoms with E-state index in [-0.39, 0.29) is 23.1 Å². The van der Waals surface area contributed by atoms with Gasteiger partial charge in [-0.25, -0.2) is 9.78 Å². The third-order valence-electron chi connectivity index (χ3n) is 6.76. The molecule has 11 heteroatoms. The lowest BCUT2D eigenvalue weighted by molar-refractivity contribution is -0.137. The number of alkyl halides is 3. The van der Waals surface area contributed by atoms with Crippen molar-refractivity contribution in [3.8, 4) is 11.3 Å². The van der Waals surface area contributed by atoms with Crippen molar-refractivity contribution in [2.45, 2.75) is 43.9 Å². The number of nitrogens with zero attached hydrogens (tertiary/aromatic N) is 5. The van der Waals surface area contributed by atoms with E-state index in [0.717, 1.165) is 30.3 Å². The van der Waals surface area contributed by atoms with Gasteiger partial charge in [-0.3, -0.25) is 9.67 Å². The number of pyridine rings is 2. The Morgan fingerprint density at radius 1 is 1.21 bits per heavy atom. The number of likely N-dealkylation sites (tertiary alicyclic amines) is 1. The summed E-state index contributed by atoms with van der Waals surface area (Å²) in [5.41, 5.74) is 6.57. The van der Waals surface area contributed by atoms with E-state index in [0.29, 0.717) is 25.3 Å². The van der Waals surface area contributed by atoms with Gasteiger partial charge < -0.3 is 16.0 Å². The summed E-state index contributed by atoms with van der Waals surface area (Å²) in [4.78, 5) is 22.7. The molecule has 0 aliphatic carbocycles. The van der Waals surface area contributed by atoms with Crippen molar-refractivity contribution in [2.24, 2.45) is 0 Å². The molecule has 0 bridgehead atoms. The SMILES string of the molecule is C[C@@H](NC(=O)N1CCC2(CCn3nc(-c4cnc(N)c(C(F)(F)F)c4)cc32)C1)c1ccccn1. The molecule has 178 valence electrons. The highest BCUT2D eigenvalue weighted by Gasteiger charge is 2.47. The van der Waals surface area contributed by atoms with Crippen LogP contribution < -0.4 is 11.1 Å². The average Bonchev–Trinajstić information content (AvgIpc) is 3.51. The molecule has 2 atom stereocenters. The zero-order valence-electron chi connectivity index (χ0n) is 18.5. The molecule has 3 aromatic rings. The number of nitrogen functional groups attached to an aromatic ring is 1. The van der Waals surface area contributed by atoms with E-state index >= 15 is 0 Å². The number of anilines is 1. The third kappa shape index (κ3) is 3.84.